The molecule has 0 aliphatic rings. The minimum atomic E-state index is -0.359. The van der Waals surface area contributed by atoms with Crippen LogP contribution < -0.4 is 10.6 Å². The summed E-state index contributed by atoms with van der Waals surface area (Å²) in [7, 11) is 0. The normalized spacial score (nSPS) is 10.9. The number of aryl methyl sites for hydroxylation is 1. The van der Waals surface area contributed by atoms with Gasteiger partial charge in [-0.25, -0.2) is 4.98 Å². The summed E-state index contributed by atoms with van der Waals surface area (Å²) >= 11 is 1.28. The van der Waals surface area contributed by atoms with Crippen LogP contribution in [-0.2, 0) is 17.6 Å². The van der Waals surface area contributed by atoms with Gasteiger partial charge in [-0.1, -0.05) is 38.1 Å². The van der Waals surface area contributed by atoms with E-state index in [9.17, 15) is 9.59 Å². The molecule has 2 aromatic heterocycles. The van der Waals surface area contributed by atoms with Crippen molar-refractivity contribution in [3.8, 4) is 0 Å². The van der Waals surface area contributed by atoms with Crippen molar-refractivity contribution in [2.75, 3.05) is 11.9 Å². The van der Waals surface area contributed by atoms with Gasteiger partial charge in [-0.15, -0.1) is 11.3 Å². The molecular weight excluding hydrogens is 386 g/mol. The van der Waals surface area contributed by atoms with Crippen LogP contribution in [0.25, 0.3) is 0 Å². The first-order valence-electron chi connectivity index (χ1n) is 9.66. The second-order valence-electron chi connectivity index (χ2n) is 7.10. The van der Waals surface area contributed by atoms with E-state index in [0.29, 0.717) is 23.3 Å². The molecule has 2 heterocycles. The van der Waals surface area contributed by atoms with Gasteiger partial charge >= 0.3 is 0 Å². The zero-order valence-electron chi connectivity index (χ0n) is 16.6. The van der Waals surface area contributed by atoms with Crippen molar-refractivity contribution >= 4 is 28.3 Å². The minimum absolute atomic E-state index is 0.0747. The van der Waals surface area contributed by atoms with Crippen LogP contribution in [-0.4, -0.2) is 23.3 Å². The molecule has 0 aliphatic heterocycles. The number of amides is 2. The molecule has 6 nitrogen and oxygen atoms in total. The minimum Gasteiger partial charge on any atom is -0.459 e. The molecule has 152 valence electrons. The summed E-state index contributed by atoms with van der Waals surface area (Å²) in [5.41, 5.74) is 3.25. The summed E-state index contributed by atoms with van der Waals surface area (Å²) in [5, 5.41) is 7.80. The lowest BCUT2D eigenvalue weighted by molar-refractivity contribution is -0.120. The van der Waals surface area contributed by atoms with Crippen molar-refractivity contribution in [1.82, 2.24) is 10.3 Å². The standard InChI is InChI=1S/C22H25N3O3S/c1-15(2)17-9-7-16(8-10-17)5-3-11-23-20(26)13-18-14-29-22(24-18)25-21(27)19-6-4-12-28-19/h4,6-10,12,14-15H,3,5,11,13H2,1-2H3,(H,23,26)(H,24,25,27). The Kier molecular flexibility index (Phi) is 7.19. The van der Waals surface area contributed by atoms with Crippen molar-refractivity contribution in [2.45, 2.75) is 39.0 Å². The molecule has 29 heavy (non-hydrogen) atoms. The number of anilines is 1. The zero-order chi connectivity index (χ0) is 20.6. The highest BCUT2D eigenvalue weighted by atomic mass is 32.1. The summed E-state index contributed by atoms with van der Waals surface area (Å²) < 4.78 is 5.04. The molecule has 0 saturated carbocycles. The number of hydrogen-bond donors (Lipinski definition) is 2. The molecule has 0 bridgehead atoms. The van der Waals surface area contributed by atoms with E-state index in [1.165, 1.54) is 28.7 Å². The Morgan fingerprint density at radius 2 is 1.97 bits per heavy atom. The van der Waals surface area contributed by atoms with Gasteiger partial charge in [0.1, 0.15) is 0 Å². The van der Waals surface area contributed by atoms with E-state index in [4.69, 9.17) is 4.42 Å². The third kappa shape index (κ3) is 6.29. The number of rotatable bonds is 9. The third-order valence-corrected chi connectivity index (χ3v) is 5.28. The molecule has 7 heteroatoms. The van der Waals surface area contributed by atoms with Crippen LogP contribution in [0.1, 0.15) is 53.6 Å². The zero-order valence-corrected chi connectivity index (χ0v) is 17.4. The van der Waals surface area contributed by atoms with Crippen molar-refractivity contribution < 1.29 is 14.0 Å². The quantitative estimate of drug-likeness (QED) is 0.511. The Morgan fingerprint density at radius 3 is 2.66 bits per heavy atom. The smallest absolute Gasteiger partial charge is 0.293 e. The lowest BCUT2D eigenvalue weighted by atomic mass is 10.0. The number of carbonyl (C=O) groups excluding carboxylic acids is 2. The molecule has 2 amide bonds. The summed E-state index contributed by atoms with van der Waals surface area (Å²) in [5.74, 6) is 0.322. The molecule has 1 aromatic carbocycles. The number of aromatic nitrogens is 1. The number of furan rings is 1. The molecule has 0 radical (unpaired) electrons. The van der Waals surface area contributed by atoms with Crippen molar-refractivity contribution in [3.63, 3.8) is 0 Å². The SMILES string of the molecule is CC(C)c1ccc(CCCNC(=O)Cc2csc(NC(=O)c3ccco3)n2)cc1. The van der Waals surface area contributed by atoms with Crippen LogP contribution in [0.15, 0.2) is 52.5 Å². The Balaban J connectivity index is 1.37. The molecule has 0 unspecified atom stereocenters. The molecule has 3 rings (SSSR count). The van der Waals surface area contributed by atoms with E-state index in [1.807, 2.05) is 0 Å². The fourth-order valence-electron chi connectivity index (χ4n) is 2.83. The van der Waals surface area contributed by atoms with Crippen LogP contribution in [0.3, 0.4) is 0 Å². The largest absolute Gasteiger partial charge is 0.459 e. The first-order valence-corrected chi connectivity index (χ1v) is 10.5. The average Bonchev–Trinajstić information content (AvgIpc) is 3.38. The summed E-state index contributed by atoms with van der Waals surface area (Å²) in [4.78, 5) is 28.3. The lowest BCUT2D eigenvalue weighted by Crippen LogP contribution is -2.26. The van der Waals surface area contributed by atoms with Gasteiger partial charge in [0.25, 0.3) is 5.91 Å². The Labute approximate surface area is 174 Å². The first-order chi connectivity index (χ1) is 14.0. The van der Waals surface area contributed by atoms with E-state index < -0.39 is 0 Å². The van der Waals surface area contributed by atoms with Crippen LogP contribution >= 0.6 is 11.3 Å². The van der Waals surface area contributed by atoms with Gasteiger partial charge in [-0.2, -0.15) is 0 Å². The van der Waals surface area contributed by atoms with Crippen molar-refractivity contribution in [3.05, 3.63) is 70.6 Å². The first kappa shape index (κ1) is 20.8. The maximum absolute atomic E-state index is 12.1. The predicted octanol–water partition coefficient (Wildman–Crippen LogP) is 4.40. The molecule has 0 aliphatic carbocycles. The van der Waals surface area contributed by atoms with Crippen LogP contribution in [0, 0.1) is 0 Å². The molecule has 0 saturated heterocycles. The van der Waals surface area contributed by atoms with Gasteiger partial charge in [0, 0.05) is 11.9 Å². The van der Waals surface area contributed by atoms with Gasteiger partial charge in [-0.05, 0) is 42.0 Å². The maximum Gasteiger partial charge on any atom is 0.293 e. The van der Waals surface area contributed by atoms with Crippen molar-refractivity contribution in [2.24, 2.45) is 0 Å². The van der Waals surface area contributed by atoms with Crippen LogP contribution in [0.5, 0.6) is 0 Å². The van der Waals surface area contributed by atoms with Gasteiger partial charge < -0.3 is 9.73 Å². The van der Waals surface area contributed by atoms with Gasteiger partial charge in [0.2, 0.25) is 5.91 Å². The Morgan fingerprint density at radius 1 is 1.17 bits per heavy atom. The molecule has 0 fully saturated rings. The molecular formula is C22H25N3O3S. The summed E-state index contributed by atoms with van der Waals surface area (Å²) in [6, 6.07) is 11.9. The fraction of sp³-hybridized carbons (Fsp3) is 0.318. The predicted molar refractivity (Wildman–Crippen MR) is 114 cm³/mol. The van der Waals surface area contributed by atoms with E-state index >= 15 is 0 Å². The molecule has 3 aromatic rings. The van der Waals surface area contributed by atoms with E-state index in [1.54, 1.807) is 17.5 Å². The van der Waals surface area contributed by atoms with E-state index in [2.05, 4.69) is 53.7 Å². The highest BCUT2D eigenvalue weighted by Crippen LogP contribution is 2.17. The number of benzene rings is 1. The van der Waals surface area contributed by atoms with Crippen molar-refractivity contribution in [1.29, 1.82) is 0 Å². The monoisotopic (exact) mass is 411 g/mol. The second kappa shape index (κ2) is 10.0. The molecule has 0 spiro atoms. The lowest BCUT2D eigenvalue weighted by Gasteiger charge is -2.07. The van der Waals surface area contributed by atoms with Gasteiger partial charge in [-0.3, -0.25) is 14.9 Å². The second-order valence-corrected chi connectivity index (χ2v) is 7.96. The average molecular weight is 412 g/mol. The van der Waals surface area contributed by atoms with Gasteiger partial charge in [0.15, 0.2) is 10.9 Å². The number of nitrogens with one attached hydrogen (secondary N) is 2. The molecule has 2 N–H and O–H groups in total. The van der Waals surface area contributed by atoms with Crippen LogP contribution in [0.4, 0.5) is 5.13 Å². The fourth-order valence-corrected chi connectivity index (χ4v) is 3.53. The highest BCUT2D eigenvalue weighted by molar-refractivity contribution is 7.14. The number of thiazole rings is 1. The highest BCUT2D eigenvalue weighted by Gasteiger charge is 2.12. The Hall–Kier alpha value is -2.93. The number of carbonyl (C=O) groups is 2. The third-order valence-electron chi connectivity index (χ3n) is 4.47. The maximum atomic E-state index is 12.1. The van der Waals surface area contributed by atoms with E-state index in [-0.39, 0.29) is 24.0 Å². The van der Waals surface area contributed by atoms with E-state index in [0.717, 1.165) is 12.8 Å². The van der Waals surface area contributed by atoms with Crippen LogP contribution in [0.2, 0.25) is 0 Å². The molecule has 0 atom stereocenters. The Bertz CT molecular complexity index is 931. The number of nitrogens with zero attached hydrogens (tertiary/aromatic N) is 1. The summed E-state index contributed by atoms with van der Waals surface area (Å²) in [6.45, 7) is 4.99. The topological polar surface area (TPSA) is 84.2 Å². The van der Waals surface area contributed by atoms with Gasteiger partial charge in [0.05, 0.1) is 18.4 Å². The summed E-state index contributed by atoms with van der Waals surface area (Å²) in [6.07, 6.45) is 3.44. The number of hydrogen-bond acceptors (Lipinski definition) is 5.